The molecule has 0 aromatic carbocycles. The number of hydrogen-bond donors (Lipinski definition) is 3. The largest absolute Gasteiger partial charge is 0.480 e. The summed E-state index contributed by atoms with van der Waals surface area (Å²) in [5.74, 6) is -0.252. The first-order chi connectivity index (χ1) is 9.18. The van der Waals surface area contributed by atoms with Gasteiger partial charge in [0.1, 0.15) is 6.61 Å². The number of carbonyl (C=O) groups excluding carboxylic acids is 1. The van der Waals surface area contributed by atoms with E-state index in [1.54, 1.807) is 0 Å². The maximum absolute atomic E-state index is 11.3. The molecule has 1 saturated carbocycles. The Morgan fingerprint density at radius 2 is 1.84 bits per heavy atom. The molecule has 110 valence electrons. The molecule has 0 heterocycles. The molecular formula is C12H22N2O5. The van der Waals surface area contributed by atoms with Crippen LogP contribution >= 0.6 is 0 Å². The second kappa shape index (κ2) is 9.57. The van der Waals surface area contributed by atoms with E-state index in [1.807, 2.05) is 0 Å². The first kappa shape index (κ1) is 15.7. The van der Waals surface area contributed by atoms with Crippen LogP contribution in [0, 0.1) is 5.92 Å². The number of rotatable bonds is 11. The van der Waals surface area contributed by atoms with Crippen LogP contribution in [-0.2, 0) is 14.3 Å². The van der Waals surface area contributed by atoms with Crippen LogP contribution < -0.4 is 10.6 Å². The molecule has 7 nitrogen and oxygen atoms in total. The van der Waals surface area contributed by atoms with Gasteiger partial charge in [-0.25, -0.2) is 9.59 Å². The average molecular weight is 274 g/mol. The summed E-state index contributed by atoms with van der Waals surface area (Å²) in [6.45, 7) is 2.20. The minimum Gasteiger partial charge on any atom is -0.480 e. The molecule has 0 saturated heterocycles. The SMILES string of the molecule is O=C(O)COCCNC(=O)NCCCOCC1CC1. The summed E-state index contributed by atoms with van der Waals surface area (Å²) in [5.41, 5.74) is 0. The second-order valence-corrected chi connectivity index (χ2v) is 4.50. The highest BCUT2D eigenvalue weighted by Crippen LogP contribution is 2.28. The summed E-state index contributed by atoms with van der Waals surface area (Å²) in [6.07, 6.45) is 3.35. The van der Waals surface area contributed by atoms with Crippen LogP contribution in [0.3, 0.4) is 0 Å². The number of carbonyl (C=O) groups is 2. The molecule has 7 heteroatoms. The highest BCUT2D eigenvalue weighted by atomic mass is 16.5. The standard InChI is InChI=1S/C12H22N2O5/c15-11(16)9-19-7-5-14-12(17)13-4-1-6-18-8-10-2-3-10/h10H,1-9H2,(H,15,16)(H2,13,14,17). The second-order valence-electron chi connectivity index (χ2n) is 4.50. The maximum atomic E-state index is 11.3. The minimum absolute atomic E-state index is 0.185. The van der Waals surface area contributed by atoms with Gasteiger partial charge in [-0.3, -0.25) is 0 Å². The normalized spacial score (nSPS) is 14.1. The Morgan fingerprint density at radius 3 is 2.53 bits per heavy atom. The van der Waals surface area contributed by atoms with E-state index in [0.29, 0.717) is 13.2 Å². The van der Waals surface area contributed by atoms with Crippen molar-refractivity contribution in [2.75, 3.05) is 39.5 Å². The van der Waals surface area contributed by atoms with Gasteiger partial charge in [0.15, 0.2) is 0 Å². The predicted molar refractivity (Wildman–Crippen MR) is 68.0 cm³/mol. The highest BCUT2D eigenvalue weighted by molar-refractivity contribution is 5.73. The van der Waals surface area contributed by atoms with Crippen LogP contribution in [0.15, 0.2) is 0 Å². The average Bonchev–Trinajstić information content (AvgIpc) is 3.16. The van der Waals surface area contributed by atoms with Gasteiger partial charge in [-0.15, -0.1) is 0 Å². The fourth-order valence-corrected chi connectivity index (χ4v) is 1.37. The van der Waals surface area contributed by atoms with Crippen molar-refractivity contribution in [1.29, 1.82) is 0 Å². The van der Waals surface area contributed by atoms with Gasteiger partial charge in [0, 0.05) is 26.3 Å². The van der Waals surface area contributed by atoms with Crippen LogP contribution in [0.25, 0.3) is 0 Å². The molecule has 1 aliphatic rings. The fraction of sp³-hybridized carbons (Fsp3) is 0.833. The van der Waals surface area contributed by atoms with Crippen LogP contribution in [0.1, 0.15) is 19.3 Å². The van der Waals surface area contributed by atoms with Crippen molar-refractivity contribution in [2.24, 2.45) is 5.92 Å². The molecular weight excluding hydrogens is 252 g/mol. The quantitative estimate of drug-likeness (QED) is 0.468. The summed E-state index contributed by atoms with van der Waals surface area (Å²) >= 11 is 0. The summed E-state index contributed by atoms with van der Waals surface area (Å²) in [6, 6.07) is -0.277. The monoisotopic (exact) mass is 274 g/mol. The Balaban J connectivity index is 1.77. The number of hydrogen-bond acceptors (Lipinski definition) is 4. The molecule has 1 rings (SSSR count). The van der Waals surface area contributed by atoms with Crippen molar-refractivity contribution in [2.45, 2.75) is 19.3 Å². The van der Waals surface area contributed by atoms with Crippen LogP contribution in [0.5, 0.6) is 0 Å². The Bertz CT molecular complexity index is 281. The Kier molecular flexibility index (Phi) is 7.92. The zero-order valence-corrected chi connectivity index (χ0v) is 11.0. The van der Waals surface area contributed by atoms with E-state index in [9.17, 15) is 9.59 Å². The molecule has 0 spiro atoms. The lowest BCUT2D eigenvalue weighted by atomic mass is 10.4. The number of nitrogens with one attached hydrogen (secondary N) is 2. The molecule has 0 aromatic rings. The third-order valence-corrected chi connectivity index (χ3v) is 2.56. The zero-order valence-electron chi connectivity index (χ0n) is 11.0. The van der Waals surface area contributed by atoms with E-state index in [0.717, 1.165) is 18.9 Å². The molecule has 3 N–H and O–H groups in total. The van der Waals surface area contributed by atoms with Gasteiger partial charge in [-0.05, 0) is 25.2 Å². The molecule has 0 radical (unpaired) electrons. The number of carboxylic acid groups (broad SMARTS) is 1. The van der Waals surface area contributed by atoms with E-state index in [4.69, 9.17) is 14.6 Å². The molecule has 0 atom stereocenters. The number of amides is 2. The first-order valence-electron chi connectivity index (χ1n) is 6.57. The number of carboxylic acids is 1. The van der Waals surface area contributed by atoms with Crippen LogP contribution in [0.4, 0.5) is 4.79 Å². The van der Waals surface area contributed by atoms with Gasteiger partial charge < -0.3 is 25.2 Å². The van der Waals surface area contributed by atoms with Crippen LogP contribution in [-0.4, -0.2) is 56.6 Å². The Morgan fingerprint density at radius 1 is 1.11 bits per heavy atom. The maximum Gasteiger partial charge on any atom is 0.329 e. The van der Waals surface area contributed by atoms with Gasteiger partial charge in [0.05, 0.1) is 6.61 Å². The summed E-state index contributed by atoms with van der Waals surface area (Å²) in [4.78, 5) is 21.4. The van der Waals surface area contributed by atoms with Crippen molar-refractivity contribution >= 4 is 12.0 Å². The minimum atomic E-state index is -1.02. The number of urea groups is 1. The van der Waals surface area contributed by atoms with Crippen molar-refractivity contribution in [3.05, 3.63) is 0 Å². The number of ether oxygens (including phenoxy) is 2. The lowest BCUT2D eigenvalue weighted by Crippen LogP contribution is -2.38. The van der Waals surface area contributed by atoms with E-state index in [-0.39, 0.29) is 25.8 Å². The van der Waals surface area contributed by atoms with Gasteiger partial charge in [-0.1, -0.05) is 0 Å². The molecule has 0 aromatic heterocycles. The molecule has 2 amide bonds. The molecule has 19 heavy (non-hydrogen) atoms. The Labute approximate surface area is 112 Å². The Hall–Kier alpha value is -1.34. The van der Waals surface area contributed by atoms with E-state index in [2.05, 4.69) is 10.6 Å². The lowest BCUT2D eigenvalue weighted by molar-refractivity contribution is -0.142. The molecule has 0 bridgehead atoms. The van der Waals surface area contributed by atoms with Crippen LogP contribution in [0.2, 0.25) is 0 Å². The smallest absolute Gasteiger partial charge is 0.329 e. The van der Waals surface area contributed by atoms with Crippen molar-refractivity contribution in [1.82, 2.24) is 10.6 Å². The molecule has 0 aliphatic heterocycles. The first-order valence-corrected chi connectivity index (χ1v) is 6.57. The summed E-state index contributed by atoms with van der Waals surface area (Å²) in [5, 5.41) is 13.6. The molecule has 0 unspecified atom stereocenters. The summed E-state index contributed by atoms with van der Waals surface area (Å²) in [7, 11) is 0. The predicted octanol–water partition coefficient (Wildman–Crippen LogP) is 0.204. The molecule has 1 aliphatic carbocycles. The van der Waals surface area contributed by atoms with E-state index < -0.39 is 5.97 Å². The topological polar surface area (TPSA) is 96.9 Å². The third kappa shape index (κ3) is 10.3. The van der Waals surface area contributed by atoms with Crippen molar-refractivity contribution in [3.8, 4) is 0 Å². The van der Waals surface area contributed by atoms with Gasteiger partial charge >= 0.3 is 12.0 Å². The van der Waals surface area contributed by atoms with E-state index >= 15 is 0 Å². The zero-order chi connectivity index (χ0) is 13.9. The van der Waals surface area contributed by atoms with Gasteiger partial charge in [0.25, 0.3) is 0 Å². The van der Waals surface area contributed by atoms with Crippen molar-refractivity contribution in [3.63, 3.8) is 0 Å². The molecule has 1 fully saturated rings. The van der Waals surface area contributed by atoms with Gasteiger partial charge in [0.2, 0.25) is 0 Å². The fourth-order valence-electron chi connectivity index (χ4n) is 1.37. The summed E-state index contributed by atoms with van der Waals surface area (Å²) < 4.78 is 10.2. The number of aliphatic carboxylic acids is 1. The lowest BCUT2D eigenvalue weighted by Gasteiger charge is -2.07. The third-order valence-electron chi connectivity index (χ3n) is 2.56. The van der Waals surface area contributed by atoms with Crippen molar-refractivity contribution < 1.29 is 24.2 Å². The van der Waals surface area contributed by atoms with E-state index in [1.165, 1.54) is 12.8 Å². The highest BCUT2D eigenvalue weighted by Gasteiger charge is 2.20. The van der Waals surface area contributed by atoms with Gasteiger partial charge in [-0.2, -0.15) is 0 Å².